The molecule has 1 heterocycles. The second kappa shape index (κ2) is 9.02. The molecule has 0 unspecified atom stereocenters. The minimum atomic E-state index is -0.678. The molecule has 9 heteroatoms. The molecule has 0 aliphatic carbocycles. The number of nitrogens with one attached hydrogen (secondary N) is 1. The van der Waals surface area contributed by atoms with E-state index in [0.717, 1.165) is 0 Å². The molecule has 0 aliphatic rings. The summed E-state index contributed by atoms with van der Waals surface area (Å²) in [6.45, 7) is 0. The molecule has 0 bridgehead atoms. The first kappa shape index (κ1) is 18.7. The van der Waals surface area contributed by atoms with Crippen molar-refractivity contribution in [1.29, 1.82) is 0 Å². The van der Waals surface area contributed by atoms with E-state index < -0.39 is 11.9 Å². The van der Waals surface area contributed by atoms with Crippen LogP contribution in [0.2, 0.25) is 0 Å². The summed E-state index contributed by atoms with van der Waals surface area (Å²) in [6.07, 6.45) is 2.94. The van der Waals surface area contributed by atoms with Gasteiger partial charge in [-0.15, -0.1) is 5.10 Å². The molecule has 0 aliphatic heterocycles. The molecule has 0 fully saturated rings. The van der Waals surface area contributed by atoms with E-state index in [2.05, 4.69) is 20.4 Å². The topological polar surface area (TPSA) is 106 Å². The van der Waals surface area contributed by atoms with Crippen LogP contribution in [0, 0.1) is 0 Å². The van der Waals surface area contributed by atoms with Gasteiger partial charge >= 0.3 is 11.9 Å². The Morgan fingerprint density at radius 3 is 2.46 bits per heavy atom. The van der Waals surface area contributed by atoms with Crippen molar-refractivity contribution in [1.82, 2.24) is 5.01 Å². The Morgan fingerprint density at radius 1 is 1.15 bits per heavy atom. The van der Waals surface area contributed by atoms with E-state index in [9.17, 15) is 9.59 Å². The van der Waals surface area contributed by atoms with Gasteiger partial charge in [0.25, 0.3) is 5.84 Å². The number of carbonyl (C=O) groups is 2. The highest BCUT2D eigenvalue weighted by atomic mass is 16.5. The Labute approximate surface area is 149 Å². The van der Waals surface area contributed by atoms with E-state index in [-0.39, 0.29) is 5.84 Å². The Bertz CT molecular complexity index is 797. The number of esters is 2. The normalized spacial score (nSPS) is 11.3. The van der Waals surface area contributed by atoms with E-state index in [0.29, 0.717) is 17.0 Å². The van der Waals surface area contributed by atoms with Crippen LogP contribution in [-0.2, 0) is 14.3 Å². The number of ether oxygens (including phenoxy) is 2. The maximum Gasteiger partial charge on any atom is 0.377 e. The lowest BCUT2D eigenvalue weighted by Crippen LogP contribution is -2.31. The average molecular weight is 358 g/mol. The van der Waals surface area contributed by atoms with Crippen molar-refractivity contribution in [3.8, 4) is 0 Å². The number of methoxy groups -OCH3 is 2. The van der Waals surface area contributed by atoms with Gasteiger partial charge < -0.3 is 13.9 Å². The summed E-state index contributed by atoms with van der Waals surface area (Å²) in [6, 6.07) is 9.82. The summed E-state index contributed by atoms with van der Waals surface area (Å²) in [5.41, 5.74) is 3.67. The van der Waals surface area contributed by atoms with Gasteiger partial charge in [-0.1, -0.05) is 0 Å². The van der Waals surface area contributed by atoms with Crippen LogP contribution >= 0.6 is 0 Å². The fourth-order valence-corrected chi connectivity index (χ4v) is 1.82. The molecule has 2 rings (SSSR count). The third-order valence-corrected chi connectivity index (χ3v) is 3.17. The van der Waals surface area contributed by atoms with E-state index >= 15 is 0 Å². The van der Waals surface area contributed by atoms with Crippen molar-refractivity contribution in [2.45, 2.75) is 0 Å². The fourth-order valence-electron chi connectivity index (χ4n) is 1.82. The monoisotopic (exact) mass is 358 g/mol. The summed E-state index contributed by atoms with van der Waals surface area (Å²) in [5.74, 6) is -0.676. The summed E-state index contributed by atoms with van der Waals surface area (Å²) in [4.78, 5) is 23.3. The van der Waals surface area contributed by atoms with Gasteiger partial charge in [0.05, 0.1) is 37.9 Å². The van der Waals surface area contributed by atoms with Gasteiger partial charge in [0.1, 0.15) is 5.76 Å². The number of benzene rings is 1. The smallest absolute Gasteiger partial charge is 0.377 e. The zero-order valence-corrected chi connectivity index (χ0v) is 14.5. The lowest BCUT2D eigenvalue weighted by molar-refractivity contribution is -0.133. The Kier molecular flexibility index (Phi) is 6.49. The maximum atomic E-state index is 11.9. The zero-order valence-electron chi connectivity index (χ0n) is 14.5. The molecule has 0 atom stereocenters. The molecule has 26 heavy (non-hydrogen) atoms. The van der Waals surface area contributed by atoms with Crippen LogP contribution in [0.5, 0.6) is 0 Å². The first-order chi connectivity index (χ1) is 12.5. The number of furan rings is 1. The first-order valence-electron chi connectivity index (χ1n) is 7.46. The molecule has 0 saturated heterocycles. The number of hydrogen-bond donors (Lipinski definition) is 1. The van der Waals surface area contributed by atoms with Crippen molar-refractivity contribution in [3.63, 3.8) is 0 Å². The lowest BCUT2D eigenvalue weighted by Gasteiger charge is -2.13. The average Bonchev–Trinajstić information content (AvgIpc) is 3.19. The highest BCUT2D eigenvalue weighted by Gasteiger charge is 2.17. The van der Waals surface area contributed by atoms with Gasteiger partial charge in [-0.05, 0) is 36.4 Å². The van der Waals surface area contributed by atoms with Crippen LogP contribution in [-0.4, -0.2) is 50.3 Å². The van der Waals surface area contributed by atoms with Gasteiger partial charge in [0.15, 0.2) is 0 Å². The van der Waals surface area contributed by atoms with E-state index in [1.807, 2.05) is 0 Å². The minimum Gasteiger partial charge on any atom is -0.465 e. The fraction of sp³-hybridized carbons (Fsp3) is 0.176. The third kappa shape index (κ3) is 4.94. The standard InChI is InChI=1S/C17H18N4O5/c1-21(18-11-14-5-4-10-26-14)15(17(23)25-3)20-19-13-8-6-12(7-9-13)16(22)24-2/h4-11,19H,1-3H3/b18-11+,20-15-. The molecule has 1 N–H and O–H groups in total. The Morgan fingerprint density at radius 2 is 1.88 bits per heavy atom. The quantitative estimate of drug-likeness (QED) is 0.377. The number of likely N-dealkylation sites (N-methyl/N-ethyl adjacent to an activating group) is 1. The summed E-state index contributed by atoms with van der Waals surface area (Å²) >= 11 is 0. The van der Waals surface area contributed by atoms with E-state index in [1.54, 1.807) is 36.4 Å². The second-order valence-corrected chi connectivity index (χ2v) is 4.89. The third-order valence-electron chi connectivity index (χ3n) is 3.17. The summed E-state index contributed by atoms with van der Waals surface area (Å²) < 4.78 is 14.5. The second-order valence-electron chi connectivity index (χ2n) is 4.89. The molecule has 0 saturated carbocycles. The highest BCUT2D eigenvalue weighted by molar-refractivity contribution is 6.35. The predicted molar refractivity (Wildman–Crippen MR) is 94.9 cm³/mol. The zero-order chi connectivity index (χ0) is 18.9. The lowest BCUT2D eigenvalue weighted by atomic mass is 10.2. The Balaban J connectivity index is 2.13. The molecule has 1 aromatic carbocycles. The number of rotatable bonds is 5. The number of amidine groups is 1. The number of carbonyl (C=O) groups excluding carboxylic acids is 2. The molecular weight excluding hydrogens is 340 g/mol. The van der Waals surface area contributed by atoms with Crippen LogP contribution in [0.4, 0.5) is 5.69 Å². The van der Waals surface area contributed by atoms with Gasteiger partial charge in [-0.25, -0.2) is 14.6 Å². The summed E-state index contributed by atoms with van der Waals surface area (Å²) in [5, 5.41) is 9.34. The largest absolute Gasteiger partial charge is 0.465 e. The Hall–Kier alpha value is -3.62. The maximum absolute atomic E-state index is 11.9. The molecule has 1 aromatic heterocycles. The van der Waals surface area contributed by atoms with Crippen molar-refractivity contribution < 1.29 is 23.5 Å². The number of hydrazone groups is 2. The first-order valence-corrected chi connectivity index (χ1v) is 7.46. The molecular formula is C17H18N4O5. The summed E-state index contributed by atoms with van der Waals surface area (Å²) in [7, 11) is 4.09. The van der Waals surface area contributed by atoms with Crippen LogP contribution in [0.15, 0.2) is 57.3 Å². The molecule has 9 nitrogen and oxygen atoms in total. The van der Waals surface area contributed by atoms with E-state index in [4.69, 9.17) is 9.15 Å². The molecule has 2 aromatic rings. The van der Waals surface area contributed by atoms with Crippen LogP contribution in [0.25, 0.3) is 0 Å². The van der Waals surface area contributed by atoms with Crippen molar-refractivity contribution >= 4 is 29.7 Å². The van der Waals surface area contributed by atoms with Gasteiger partial charge in [0, 0.05) is 7.05 Å². The van der Waals surface area contributed by atoms with Crippen LogP contribution in [0.1, 0.15) is 16.1 Å². The van der Waals surface area contributed by atoms with Crippen LogP contribution < -0.4 is 5.43 Å². The van der Waals surface area contributed by atoms with E-state index in [1.165, 1.54) is 38.8 Å². The number of anilines is 1. The SMILES string of the molecule is COC(=O)/C(=N/Nc1ccc(C(=O)OC)cc1)N(C)/N=C/c1ccco1. The van der Waals surface area contributed by atoms with Gasteiger partial charge in [0.2, 0.25) is 0 Å². The van der Waals surface area contributed by atoms with Crippen molar-refractivity contribution in [3.05, 3.63) is 54.0 Å². The van der Waals surface area contributed by atoms with Crippen molar-refractivity contribution in [2.75, 3.05) is 26.7 Å². The molecule has 0 radical (unpaired) electrons. The number of hydrogen-bond acceptors (Lipinski definition) is 8. The minimum absolute atomic E-state index is 0.0765. The van der Waals surface area contributed by atoms with Crippen molar-refractivity contribution in [2.24, 2.45) is 10.2 Å². The van der Waals surface area contributed by atoms with Gasteiger partial charge in [-0.2, -0.15) is 5.10 Å². The number of nitrogens with zero attached hydrogens (tertiary/aromatic N) is 3. The van der Waals surface area contributed by atoms with Gasteiger partial charge in [-0.3, -0.25) is 5.43 Å². The molecule has 0 spiro atoms. The highest BCUT2D eigenvalue weighted by Crippen LogP contribution is 2.10. The molecule has 136 valence electrons. The predicted octanol–water partition coefficient (Wildman–Crippen LogP) is 1.93. The van der Waals surface area contributed by atoms with Crippen LogP contribution in [0.3, 0.4) is 0 Å². The molecule has 0 amide bonds.